The van der Waals surface area contributed by atoms with Gasteiger partial charge in [-0.3, -0.25) is 14.4 Å². The lowest BCUT2D eigenvalue weighted by Crippen LogP contribution is -2.32. The fourth-order valence-electron chi connectivity index (χ4n) is 1.74. The quantitative estimate of drug-likeness (QED) is 0.809. The summed E-state index contributed by atoms with van der Waals surface area (Å²) in [5.74, 6) is -1.47. The van der Waals surface area contributed by atoms with E-state index < -0.39 is 5.97 Å². The molecule has 0 saturated heterocycles. The van der Waals surface area contributed by atoms with Crippen LogP contribution in [0.25, 0.3) is 0 Å². The Morgan fingerprint density at radius 3 is 2.37 bits per heavy atom. The van der Waals surface area contributed by atoms with Crippen molar-refractivity contribution in [2.24, 2.45) is 0 Å². The van der Waals surface area contributed by atoms with Crippen molar-refractivity contribution in [2.45, 2.75) is 26.7 Å². The first-order chi connectivity index (χ1) is 8.81. The molecule has 0 atom stereocenters. The van der Waals surface area contributed by atoms with E-state index in [2.05, 4.69) is 0 Å². The van der Waals surface area contributed by atoms with Crippen LogP contribution in [0.1, 0.15) is 33.0 Å². The number of amides is 1. The summed E-state index contributed by atoms with van der Waals surface area (Å²) < 4.78 is 0. The van der Waals surface area contributed by atoms with Gasteiger partial charge in [-0.1, -0.05) is 0 Å². The lowest BCUT2D eigenvalue weighted by molar-refractivity contribution is -0.143. The highest BCUT2D eigenvalue weighted by molar-refractivity contribution is 7.12. The second-order valence-electron chi connectivity index (χ2n) is 4.39. The fourth-order valence-corrected chi connectivity index (χ4v) is 2.69. The third-order valence-corrected chi connectivity index (χ3v) is 3.67. The van der Waals surface area contributed by atoms with Gasteiger partial charge in [0.2, 0.25) is 5.91 Å². The fraction of sp³-hybridized carbons (Fsp3) is 0.462. The number of carboxylic acid groups (broad SMARTS) is 1. The van der Waals surface area contributed by atoms with E-state index in [4.69, 9.17) is 5.11 Å². The largest absolute Gasteiger partial charge is 0.480 e. The topological polar surface area (TPSA) is 74.7 Å². The Hall–Kier alpha value is -1.69. The lowest BCUT2D eigenvalue weighted by Gasteiger charge is -2.13. The monoisotopic (exact) mass is 283 g/mol. The minimum atomic E-state index is -1.06. The Kier molecular flexibility index (Phi) is 5.23. The van der Waals surface area contributed by atoms with Crippen molar-refractivity contribution in [3.63, 3.8) is 0 Å². The molecule has 0 bridgehead atoms. The molecule has 0 fully saturated rings. The smallest absolute Gasteiger partial charge is 0.323 e. The van der Waals surface area contributed by atoms with Crippen LogP contribution in [0.3, 0.4) is 0 Å². The number of aryl methyl sites for hydroxylation is 2. The minimum Gasteiger partial charge on any atom is -0.480 e. The van der Waals surface area contributed by atoms with E-state index in [0.717, 1.165) is 14.7 Å². The number of carboxylic acids is 1. The van der Waals surface area contributed by atoms with Crippen molar-refractivity contribution in [1.82, 2.24) is 4.90 Å². The van der Waals surface area contributed by atoms with Gasteiger partial charge in [-0.05, 0) is 19.9 Å². The normalized spacial score (nSPS) is 10.3. The van der Waals surface area contributed by atoms with Gasteiger partial charge < -0.3 is 10.0 Å². The maximum Gasteiger partial charge on any atom is 0.323 e. The molecule has 1 N–H and O–H groups in total. The predicted molar refractivity (Wildman–Crippen MR) is 72.6 cm³/mol. The zero-order valence-electron chi connectivity index (χ0n) is 11.2. The van der Waals surface area contributed by atoms with Gasteiger partial charge in [-0.15, -0.1) is 11.3 Å². The Balaban J connectivity index is 2.53. The Labute approximate surface area is 115 Å². The first kappa shape index (κ1) is 15.4. The average Bonchev–Trinajstić information content (AvgIpc) is 2.64. The summed E-state index contributed by atoms with van der Waals surface area (Å²) in [6, 6.07) is 1.83. The second kappa shape index (κ2) is 6.47. The number of Topliss-reactive ketones (excluding diaryl/α,β-unsaturated/α-hetero) is 1. The van der Waals surface area contributed by atoms with Crippen molar-refractivity contribution >= 4 is 29.0 Å². The van der Waals surface area contributed by atoms with Crippen molar-refractivity contribution in [3.05, 3.63) is 21.4 Å². The van der Waals surface area contributed by atoms with Crippen LogP contribution in [-0.2, 0) is 9.59 Å². The maximum atomic E-state index is 11.9. The first-order valence-corrected chi connectivity index (χ1v) is 6.69. The molecule has 0 aliphatic heterocycles. The molecule has 0 spiro atoms. The maximum absolute atomic E-state index is 11.9. The number of hydrogen-bond acceptors (Lipinski definition) is 4. The standard InChI is InChI=1S/C13H17NO4S/c1-8-6-10(9(2)19-8)11(15)4-5-12(16)14(3)7-13(17)18/h6H,4-5,7H2,1-3H3,(H,17,18). The van der Waals surface area contributed by atoms with Gasteiger partial charge in [0.15, 0.2) is 5.78 Å². The molecule has 0 radical (unpaired) electrons. The molecular weight excluding hydrogens is 266 g/mol. The molecule has 6 heteroatoms. The molecule has 0 saturated carbocycles. The summed E-state index contributed by atoms with van der Waals surface area (Å²) in [4.78, 5) is 37.2. The van der Waals surface area contributed by atoms with E-state index in [1.165, 1.54) is 7.05 Å². The van der Waals surface area contributed by atoms with E-state index in [0.29, 0.717) is 5.56 Å². The third-order valence-electron chi connectivity index (χ3n) is 2.71. The Morgan fingerprint density at radius 1 is 1.26 bits per heavy atom. The molecule has 0 unspecified atom stereocenters. The van der Waals surface area contributed by atoms with Gasteiger partial charge in [0, 0.05) is 35.2 Å². The van der Waals surface area contributed by atoms with Crippen LogP contribution >= 0.6 is 11.3 Å². The lowest BCUT2D eigenvalue weighted by atomic mass is 10.1. The molecule has 5 nitrogen and oxygen atoms in total. The molecule has 0 aliphatic rings. The van der Waals surface area contributed by atoms with Crippen LogP contribution in [0.2, 0.25) is 0 Å². The third kappa shape index (κ3) is 4.48. The van der Waals surface area contributed by atoms with Gasteiger partial charge in [-0.25, -0.2) is 0 Å². The van der Waals surface area contributed by atoms with Crippen molar-refractivity contribution < 1.29 is 19.5 Å². The first-order valence-electron chi connectivity index (χ1n) is 5.87. The second-order valence-corrected chi connectivity index (χ2v) is 5.85. The summed E-state index contributed by atoms with van der Waals surface area (Å²) in [7, 11) is 1.42. The highest BCUT2D eigenvalue weighted by atomic mass is 32.1. The molecule has 1 rings (SSSR count). The molecule has 19 heavy (non-hydrogen) atoms. The van der Waals surface area contributed by atoms with Crippen LogP contribution in [-0.4, -0.2) is 41.3 Å². The highest BCUT2D eigenvalue weighted by Gasteiger charge is 2.16. The van der Waals surface area contributed by atoms with Crippen LogP contribution < -0.4 is 0 Å². The summed E-state index contributed by atoms with van der Waals surface area (Å²) >= 11 is 1.55. The highest BCUT2D eigenvalue weighted by Crippen LogP contribution is 2.22. The Morgan fingerprint density at radius 2 is 1.89 bits per heavy atom. The van der Waals surface area contributed by atoms with Crippen LogP contribution in [0.4, 0.5) is 0 Å². The number of carbonyl (C=O) groups is 3. The number of aliphatic carboxylic acids is 1. The number of ketones is 1. The molecule has 0 aliphatic carbocycles. The van der Waals surface area contributed by atoms with Gasteiger partial charge >= 0.3 is 5.97 Å². The van der Waals surface area contributed by atoms with Crippen molar-refractivity contribution in [2.75, 3.05) is 13.6 Å². The summed E-state index contributed by atoms with van der Waals surface area (Å²) in [6.07, 6.45) is 0.150. The van der Waals surface area contributed by atoms with Crippen molar-refractivity contribution in [3.8, 4) is 0 Å². The van der Waals surface area contributed by atoms with E-state index >= 15 is 0 Å². The SMILES string of the molecule is Cc1cc(C(=O)CCC(=O)N(C)CC(=O)O)c(C)s1. The molecule has 1 heterocycles. The number of hydrogen-bond donors (Lipinski definition) is 1. The number of nitrogens with zero attached hydrogens (tertiary/aromatic N) is 1. The van der Waals surface area contributed by atoms with Gasteiger partial charge in [0.05, 0.1) is 0 Å². The van der Waals surface area contributed by atoms with Crippen LogP contribution in [0, 0.1) is 13.8 Å². The number of carbonyl (C=O) groups excluding carboxylic acids is 2. The van der Waals surface area contributed by atoms with Gasteiger partial charge in [0.25, 0.3) is 0 Å². The molecule has 1 aromatic heterocycles. The van der Waals surface area contributed by atoms with E-state index in [1.54, 1.807) is 11.3 Å². The van der Waals surface area contributed by atoms with E-state index in [1.807, 2.05) is 19.9 Å². The van der Waals surface area contributed by atoms with Gasteiger partial charge in [-0.2, -0.15) is 0 Å². The van der Waals surface area contributed by atoms with E-state index in [9.17, 15) is 14.4 Å². The zero-order valence-corrected chi connectivity index (χ0v) is 12.0. The number of likely N-dealkylation sites (N-methyl/N-ethyl adjacent to an activating group) is 1. The molecule has 1 amide bonds. The summed E-state index contributed by atoms with van der Waals surface area (Å²) in [5, 5.41) is 8.57. The molecule has 1 aromatic rings. The summed E-state index contributed by atoms with van der Waals surface area (Å²) in [5.41, 5.74) is 0.663. The number of thiophene rings is 1. The summed E-state index contributed by atoms with van der Waals surface area (Å²) in [6.45, 7) is 3.47. The van der Waals surface area contributed by atoms with Crippen LogP contribution in [0.5, 0.6) is 0 Å². The molecule has 104 valence electrons. The van der Waals surface area contributed by atoms with Gasteiger partial charge in [0.1, 0.15) is 6.54 Å². The molecular formula is C13H17NO4S. The minimum absolute atomic E-state index is 0.0386. The predicted octanol–water partition coefficient (Wildman–Crippen LogP) is 1.87. The average molecular weight is 283 g/mol. The zero-order chi connectivity index (χ0) is 14.6. The van der Waals surface area contributed by atoms with Crippen molar-refractivity contribution in [1.29, 1.82) is 0 Å². The van der Waals surface area contributed by atoms with E-state index in [-0.39, 0.29) is 31.1 Å². The van der Waals surface area contributed by atoms with Crippen LogP contribution in [0.15, 0.2) is 6.07 Å². The molecule has 0 aromatic carbocycles. The number of rotatable bonds is 6. The Bertz CT molecular complexity index is 507.